The van der Waals surface area contributed by atoms with E-state index in [1.165, 1.54) is 0 Å². The SMILES string of the molecule is OC(CNc1ccc2ccccc2n1)Cc1ccccc1. The van der Waals surface area contributed by atoms with Crippen LogP contribution < -0.4 is 5.32 Å². The molecule has 0 aliphatic rings. The quantitative estimate of drug-likeness (QED) is 0.753. The third-order valence-electron chi connectivity index (χ3n) is 3.43. The molecule has 0 bridgehead atoms. The molecule has 0 spiro atoms. The van der Waals surface area contributed by atoms with Gasteiger partial charge in [-0.2, -0.15) is 0 Å². The van der Waals surface area contributed by atoms with Gasteiger partial charge in [0.05, 0.1) is 11.6 Å². The summed E-state index contributed by atoms with van der Waals surface area (Å²) >= 11 is 0. The largest absolute Gasteiger partial charge is 0.391 e. The molecule has 0 amide bonds. The average molecular weight is 278 g/mol. The van der Waals surface area contributed by atoms with Gasteiger partial charge in [-0.25, -0.2) is 4.98 Å². The monoisotopic (exact) mass is 278 g/mol. The summed E-state index contributed by atoms with van der Waals surface area (Å²) in [4.78, 5) is 4.53. The van der Waals surface area contributed by atoms with Crippen LogP contribution in [0.5, 0.6) is 0 Å². The van der Waals surface area contributed by atoms with Crippen LogP contribution in [-0.2, 0) is 6.42 Å². The first kappa shape index (κ1) is 13.6. The number of benzene rings is 2. The normalized spacial score (nSPS) is 12.2. The molecular weight excluding hydrogens is 260 g/mol. The molecule has 2 N–H and O–H groups in total. The summed E-state index contributed by atoms with van der Waals surface area (Å²) in [7, 11) is 0. The zero-order valence-corrected chi connectivity index (χ0v) is 11.7. The minimum atomic E-state index is -0.430. The second-order valence-electron chi connectivity index (χ2n) is 5.11. The summed E-state index contributed by atoms with van der Waals surface area (Å²) in [5.74, 6) is 0.792. The highest BCUT2D eigenvalue weighted by molar-refractivity contribution is 5.80. The maximum atomic E-state index is 10.1. The van der Waals surface area contributed by atoms with Crippen LogP contribution in [-0.4, -0.2) is 22.7 Å². The highest BCUT2D eigenvalue weighted by Crippen LogP contribution is 2.14. The Hall–Kier alpha value is -2.39. The first-order valence-electron chi connectivity index (χ1n) is 7.13. The highest BCUT2D eigenvalue weighted by atomic mass is 16.3. The minimum Gasteiger partial charge on any atom is -0.391 e. The lowest BCUT2D eigenvalue weighted by atomic mass is 10.1. The van der Waals surface area contributed by atoms with E-state index in [2.05, 4.69) is 10.3 Å². The predicted octanol–water partition coefficient (Wildman–Crippen LogP) is 3.25. The van der Waals surface area contributed by atoms with E-state index in [1.54, 1.807) is 0 Å². The fourth-order valence-corrected chi connectivity index (χ4v) is 2.35. The fourth-order valence-electron chi connectivity index (χ4n) is 2.35. The molecule has 3 nitrogen and oxygen atoms in total. The Morgan fingerprint density at radius 3 is 2.52 bits per heavy atom. The Morgan fingerprint density at radius 2 is 1.67 bits per heavy atom. The Labute approximate surface area is 124 Å². The summed E-state index contributed by atoms with van der Waals surface area (Å²) in [6, 6.07) is 22.0. The van der Waals surface area contributed by atoms with Crippen LogP contribution >= 0.6 is 0 Å². The van der Waals surface area contributed by atoms with E-state index in [-0.39, 0.29) is 0 Å². The second kappa shape index (κ2) is 6.37. The van der Waals surface area contributed by atoms with Crippen molar-refractivity contribution in [3.63, 3.8) is 0 Å². The lowest BCUT2D eigenvalue weighted by molar-refractivity contribution is 0.188. The van der Waals surface area contributed by atoms with Gasteiger partial charge >= 0.3 is 0 Å². The maximum absolute atomic E-state index is 10.1. The van der Waals surface area contributed by atoms with E-state index in [1.807, 2.05) is 66.7 Å². The number of anilines is 1. The number of para-hydroxylation sites is 1. The topological polar surface area (TPSA) is 45.1 Å². The summed E-state index contributed by atoms with van der Waals surface area (Å²) in [5, 5.41) is 14.4. The summed E-state index contributed by atoms with van der Waals surface area (Å²) in [6.07, 6.45) is 0.210. The van der Waals surface area contributed by atoms with Crippen molar-refractivity contribution in [2.45, 2.75) is 12.5 Å². The number of aliphatic hydroxyl groups excluding tert-OH is 1. The Morgan fingerprint density at radius 1 is 0.905 bits per heavy atom. The number of rotatable bonds is 5. The molecule has 0 saturated carbocycles. The molecule has 1 atom stereocenters. The van der Waals surface area contributed by atoms with Crippen molar-refractivity contribution in [1.82, 2.24) is 4.98 Å². The predicted molar refractivity (Wildman–Crippen MR) is 86.4 cm³/mol. The number of pyridine rings is 1. The van der Waals surface area contributed by atoms with Gasteiger partial charge in [-0.15, -0.1) is 0 Å². The lowest BCUT2D eigenvalue weighted by Crippen LogP contribution is -2.22. The van der Waals surface area contributed by atoms with Crippen molar-refractivity contribution in [3.8, 4) is 0 Å². The molecule has 3 heteroatoms. The lowest BCUT2D eigenvalue weighted by Gasteiger charge is -2.12. The number of fused-ring (bicyclic) bond motifs is 1. The molecule has 0 aliphatic heterocycles. The van der Waals surface area contributed by atoms with Crippen molar-refractivity contribution >= 4 is 16.7 Å². The molecule has 1 heterocycles. The Kier molecular flexibility index (Phi) is 4.12. The van der Waals surface area contributed by atoms with Gasteiger partial charge in [0, 0.05) is 18.4 Å². The van der Waals surface area contributed by atoms with E-state index >= 15 is 0 Å². The molecule has 2 aromatic carbocycles. The van der Waals surface area contributed by atoms with Crippen LogP contribution in [0, 0.1) is 0 Å². The molecule has 106 valence electrons. The molecule has 1 aromatic heterocycles. The molecular formula is C18H18N2O. The van der Waals surface area contributed by atoms with Gasteiger partial charge in [-0.05, 0) is 23.8 Å². The molecule has 3 rings (SSSR count). The first-order valence-corrected chi connectivity index (χ1v) is 7.13. The maximum Gasteiger partial charge on any atom is 0.126 e. The highest BCUT2D eigenvalue weighted by Gasteiger charge is 2.06. The van der Waals surface area contributed by atoms with Gasteiger partial charge in [0.1, 0.15) is 5.82 Å². The average Bonchev–Trinajstić information content (AvgIpc) is 2.54. The minimum absolute atomic E-state index is 0.430. The molecule has 21 heavy (non-hydrogen) atoms. The Bertz CT molecular complexity index is 712. The molecule has 1 unspecified atom stereocenters. The number of hydrogen-bond acceptors (Lipinski definition) is 3. The first-order chi connectivity index (χ1) is 10.3. The van der Waals surface area contributed by atoms with Crippen LogP contribution in [0.1, 0.15) is 5.56 Å². The smallest absolute Gasteiger partial charge is 0.126 e. The number of nitrogens with zero attached hydrogens (tertiary/aromatic N) is 1. The van der Waals surface area contributed by atoms with Gasteiger partial charge in [-0.1, -0.05) is 48.5 Å². The van der Waals surface area contributed by atoms with Crippen LogP contribution in [0.25, 0.3) is 10.9 Å². The van der Waals surface area contributed by atoms with Crippen LogP contribution in [0.2, 0.25) is 0 Å². The van der Waals surface area contributed by atoms with E-state index < -0.39 is 6.10 Å². The van der Waals surface area contributed by atoms with E-state index in [9.17, 15) is 5.11 Å². The zero-order valence-electron chi connectivity index (χ0n) is 11.7. The fraction of sp³-hybridized carbons (Fsp3) is 0.167. The summed E-state index contributed by atoms with van der Waals surface area (Å²) < 4.78 is 0. The summed E-state index contributed by atoms with van der Waals surface area (Å²) in [6.45, 7) is 0.486. The molecule has 0 radical (unpaired) electrons. The molecule has 0 aliphatic carbocycles. The standard InChI is InChI=1S/C18H18N2O/c21-16(12-14-6-2-1-3-7-14)13-19-18-11-10-15-8-4-5-9-17(15)20-18/h1-11,16,21H,12-13H2,(H,19,20). The van der Waals surface area contributed by atoms with E-state index in [4.69, 9.17) is 0 Å². The van der Waals surface area contributed by atoms with Crippen molar-refractivity contribution in [1.29, 1.82) is 0 Å². The van der Waals surface area contributed by atoms with Gasteiger partial charge in [0.2, 0.25) is 0 Å². The second-order valence-corrected chi connectivity index (χ2v) is 5.11. The van der Waals surface area contributed by atoms with Crippen molar-refractivity contribution in [2.75, 3.05) is 11.9 Å². The zero-order chi connectivity index (χ0) is 14.5. The van der Waals surface area contributed by atoms with E-state index in [0.29, 0.717) is 13.0 Å². The number of hydrogen-bond donors (Lipinski definition) is 2. The van der Waals surface area contributed by atoms with Crippen molar-refractivity contribution < 1.29 is 5.11 Å². The summed E-state index contributed by atoms with van der Waals surface area (Å²) in [5.41, 5.74) is 2.10. The Balaban J connectivity index is 1.60. The molecule has 0 saturated heterocycles. The van der Waals surface area contributed by atoms with Gasteiger partial charge in [0.15, 0.2) is 0 Å². The number of aliphatic hydroxyl groups is 1. The van der Waals surface area contributed by atoms with Crippen molar-refractivity contribution in [3.05, 3.63) is 72.3 Å². The third-order valence-corrected chi connectivity index (χ3v) is 3.43. The van der Waals surface area contributed by atoms with Gasteiger partial charge < -0.3 is 10.4 Å². The van der Waals surface area contributed by atoms with Crippen molar-refractivity contribution in [2.24, 2.45) is 0 Å². The van der Waals surface area contributed by atoms with Gasteiger partial charge in [-0.3, -0.25) is 0 Å². The van der Waals surface area contributed by atoms with Gasteiger partial charge in [0.25, 0.3) is 0 Å². The number of nitrogens with one attached hydrogen (secondary N) is 1. The molecule has 0 fully saturated rings. The molecule has 3 aromatic rings. The van der Waals surface area contributed by atoms with Crippen LogP contribution in [0.4, 0.5) is 5.82 Å². The van der Waals surface area contributed by atoms with Crippen LogP contribution in [0.15, 0.2) is 66.7 Å². The van der Waals surface area contributed by atoms with E-state index in [0.717, 1.165) is 22.3 Å². The number of aromatic nitrogens is 1. The third kappa shape index (κ3) is 3.58. The van der Waals surface area contributed by atoms with Crippen LogP contribution in [0.3, 0.4) is 0 Å².